The molecule has 2 rings (SSSR count). The third-order valence-electron chi connectivity index (χ3n) is 3.23. The van der Waals surface area contributed by atoms with Gasteiger partial charge in [-0.3, -0.25) is 4.79 Å². The first-order valence-corrected chi connectivity index (χ1v) is 7.20. The van der Waals surface area contributed by atoms with Gasteiger partial charge in [0.25, 0.3) is 5.56 Å². The molecule has 6 nitrogen and oxygen atoms in total. The molecule has 0 aliphatic rings. The normalized spacial score (nSPS) is 13.0. The van der Waals surface area contributed by atoms with E-state index < -0.39 is 0 Å². The zero-order chi connectivity index (χ0) is 14.7. The lowest BCUT2D eigenvalue weighted by molar-refractivity contribution is 0.127. The third-order valence-corrected chi connectivity index (χ3v) is 4.34. The monoisotopic (exact) mass is 297 g/mol. The smallest absolute Gasteiger partial charge is 0.259 e. The second kappa shape index (κ2) is 6.45. The minimum absolute atomic E-state index is 0.0302. The number of hydrogen-bond donors (Lipinski definition) is 3. The summed E-state index contributed by atoms with van der Waals surface area (Å²) in [5, 5.41) is 12.9. The Morgan fingerprint density at radius 3 is 2.90 bits per heavy atom. The van der Waals surface area contributed by atoms with E-state index in [1.165, 1.54) is 11.3 Å². The summed E-state index contributed by atoms with van der Waals surface area (Å²) in [6.07, 6.45) is 0. The number of methoxy groups -OCH3 is 1. The maximum atomic E-state index is 12.1. The summed E-state index contributed by atoms with van der Waals surface area (Å²) in [6.45, 7) is 4.68. The average Bonchev–Trinajstić information content (AvgIpc) is 2.70. The second-order valence-corrected chi connectivity index (χ2v) is 5.89. The highest BCUT2D eigenvalue weighted by Crippen LogP contribution is 2.25. The van der Waals surface area contributed by atoms with Crippen molar-refractivity contribution in [2.45, 2.75) is 26.4 Å². The van der Waals surface area contributed by atoms with Crippen molar-refractivity contribution in [3.63, 3.8) is 0 Å². The number of thiophene rings is 1. The maximum Gasteiger partial charge on any atom is 0.259 e. The topological polar surface area (TPSA) is 87.2 Å². The van der Waals surface area contributed by atoms with Crippen LogP contribution >= 0.6 is 11.3 Å². The molecular weight excluding hydrogens is 278 g/mol. The number of aromatic amines is 1. The predicted molar refractivity (Wildman–Crippen MR) is 79.3 cm³/mol. The van der Waals surface area contributed by atoms with Gasteiger partial charge >= 0.3 is 0 Å². The first kappa shape index (κ1) is 15.1. The Bertz CT molecular complexity index is 650. The van der Waals surface area contributed by atoms with Crippen molar-refractivity contribution in [2.24, 2.45) is 0 Å². The number of rotatable bonds is 6. The van der Waals surface area contributed by atoms with Crippen LogP contribution in [0.2, 0.25) is 0 Å². The zero-order valence-corrected chi connectivity index (χ0v) is 12.6. The molecule has 0 radical (unpaired) electrons. The van der Waals surface area contributed by atoms with Gasteiger partial charge in [-0.25, -0.2) is 4.98 Å². The van der Waals surface area contributed by atoms with E-state index in [9.17, 15) is 4.79 Å². The fraction of sp³-hybridized carbons (Fsp3) is 0.538. The molecule has 0 bridgehead atoms. The molecule has 0 saturated heterocycles. The van der Waals surface area contributed by atoms with Crippen LogP contribution in [0.1, 0.15) is 16.3 Å². The number of nitrogens with one attached hydrogen (secondary N) is 2. The van der Waals surface area contributed by atoms with Crippen molar-refractivity contribution >= 4 is 21.6 Å². The SMILES string of the molecule is COCC(CO)NCc1nc2sc(C)c(C)c2c(=O)[nH]1. The summed E-state index contributed by atoms with van der Waals surface area (Å²) in [5.41, 5.74) is 0.881. The number of fused-ring (bicyclic) bond motifs is 1. The lowest BCUT2D eigenvalue weighted by Gasteiger charge is -2.14. The van der Waals surface area contributed by atoms with Crippen molar-refractivity contribution in [1.82, 2.24) is 15.3 Å². The van der Waals surface area contributed by atoms with Gasteiger partial charge in [0.2, 0.25) is 0 Å². The quantitative estimate of drug-likeness (QED) is 0.730. The molecule has 3 N–H and O–H groups in total. The summed E-state index contributed by atoms with van der Waals surface area (Å²) in [5.74, 6) is 0.568. The number of nitrogens with zero attached hydrogens (tertiary/aromatic N) is 1. The van der Waals surface area contributed by atoms with Crippen LogP contribution in [0, 0.1) is 13.8 Å². The van der Waals surface area contributed by atoms with Crippen LogP contribution in [0.3, 0.4) is 0 Å². The van der Waals surface area contributed by atoms with Crippen molar-refractivity contribution in [3.05, 3.63) is 26.6 Å². The van der Waals surface area contributed by atoms with E-state index in [2.05, 4.69) is 15.3 Å². The van der Waals surface area contributed by atoms with Crippen molar-refractivity contribution in [3.8, 4) is 0 Å². The highest BCUT2D eigenvalue weighted by molar-refractivity contribution is 7.18. The number of aryl methyl sites for hydroxylation is 2. The molecule has 2 aromatic rings. The highest BCUT2D eigenvalue weighted by atomic mass is 32.1. The number of aromatic nitrogens is 2. The first-order valence-electron chi connectivity index (χ1n) is 6.39. The summed E-state index contributed by atoms with van der Waals surface area (Å²) in [4.78, 5) is 21.2. The molecule has 0 aliphatic carbocycles. The van der Waals surface area contributed by atoms with Crippen LogP contribution in [0.4, 0.5) is 0 Å². The van der Waals surface area contributed by atoms with E-state index in [1.807, 2.05) is 13.8 Å². The summed E-state index contributed by atoms with van der Waals surface area (Å²) < 4.78 is 4.98. The van der Waals surface area contributed by atoms with Gasteiger partial charge in [0.05, 0.1) is 31.2 Å². The zero-order valence-electron chi connectivity index (χ0n) is 11.8. The van der Waals surface area contributed by atoms with E-state index in [4.69, 9.17) is 9.84 Å². The van der Waals surface area contributed by atoms with Crippen LogP contribution in [-0.4, -0.2) is 41.4 Å². The minimum Gasteiger partial charge on any atom is -0.395 e. The standard InChI is InChI=1S/C13H19N3O3S/c1-7-8(2)20-13-11(7)12(18)15-10(16-13)4-14-9(5-17)6-19-3/h9,14,17H,4-6H2,1-3H3,(H,15,16,18). The van der Waals surface area contributed by atoms with E-state index in [0.717, 1.165) is 15.3 Å². The van der Waals surface area contributed by atoms with Crippen LogP contribution in [-0.2, 0) is 11.3 Å². The van der Waals surface area contributed by atoms with Crippen LogP contribution < -0.4 is 10.9 Å². The summed E-state index contributed by atoms with van der Waals surface area (Å²) in [6, 6.07) is -0.173. The molecule has 7 heteroatoms. The van der Waals surface area contributed by atoms with Crippen LogP contribution in [0.25, 0.3) is 10.2 Å². The second-order valence-electron chi connectivity index (χ2n) is 4.69. The number of ether oxygens (including phenoxy) is 1. The number of aliphatic hydroxyl groups excluding tert-OH is 1. The number of aliphatic hydroxyl groups is 1. The van der Waals surface area contributed by atoms with Gasteiger partial charge < -0.3 is 20.1 Å². The summed E-state index contributed by atoms with van der Waals surface area (Å²) in [7, 11) is 1.58. The van der Waals surface area contributed by atoms with Gasteiger partial charge in [0, 0.05) is 12.0 Å². The lowest BCUT2D eigenvalue weighted by atomic mass is 10.2. The van der Waals surface area contributed by atoms with E-state index in [-0.39, 0.29) is 18.2 Å². The molecule has 1 unspecified atom stereocenters. The van der Waals surface area contributed by atoms with Crippen molar-refractivity contribution in [1.29, 1.82) is 0 Å². The largest absolute Gasteiger partial charge is 0.395 e. The Morgan fingerprint density at radius 2 is 2.25 bits per heavy atom. The van der Waals surface area contributed by atoms with Crippen molar-refractivity contribution < 1.29 is 9.84 Å². The van der Waals surface area contributed by atoms with Gasteiger partial charge in [-0.15, -0.1) is 11.3 Å². The van der Waals surface area contributed by atoms with Crippen LogP contribution in [0.5, 0.6) is 0 Å². The fourth-order valence-corrected chi connectivity index (χ4v) is 3.05. The van der Waals surface area contributed by atoms with Crippen LogP contribution in [0.15, 0.2) is 4.79 Å². The van der Waals surface area contributed by atoms with Gasteiger partial charge in [-0.1, -0.05) is 0 Å². The van der Waals surface area contributed by atoms with Gasteiger partial charge in [0.1, 0.15) is 10.7 Å². The summed E-state index contributed by atoms with van der Waals surface area (Å²) >= 11 is 1.52. The Labute approximate surface area is 120 Å². The van der Waals surface area contributed by atoms with E-state index in [0.29, 0.717) is 24.4 Å². The molecule has 0 saturated carbocycles. The molecule has 0 amide bonds. The van der Waals surface area contributed by atoms with Gasteiger partial charge in [0.15, 0.2) is 0 Å². The minimum atomic E-state index is -0.173. The average molecular weight is 297 g/mol. The molecule has 2 aromatic heterocycles. The van der Waals surface area contributed by atoms with Crippen molar-refractivity contribution in [2.75, 3.05) is 20.3 Å². The Morgan fingerprint density at radius 1 is 1.50 bits per heavy atom. The van der Waals surface area contributed by atoms with Gasteiger partial charge in [-0.05, 0) is 19.4 Å². The maximum absolute atomic E-state index is 12.1. The lowest BCUT2D eigenvalue weighted by Crippen LogP contribution is -2.36. The molecule has 0 spiro atoms. The van der Waals surface area contributed by atoms with E-state index in [1.54, 1.807) is 7.11 Å². The van der Waals surface area contributed by atoms with Gasteiger partial charge in [-0.2, -0.15) is 0 Å². The molecule has 0 aliphatic heterocycles. The fourth-order valence-electron chi connectivity index (χ4n) is 2.00. The molecule has 110 valence electrons. The molecule has 1 atom stereocenters. The first-order chi connectivity index (χ1) is 9.56. The Hall–Kier alpha value is -1.28. The third kappa shape index (κ3) is 3.06. The molecule has 0 fully saturated rings. The number of H-pyrrole nitrogens is 1. The molecule has 20 heavy (non-hydrogen) atoms. The molecular formula is C13H19N3O3S. The number of hydrogen-bond acceptors (Lipinski definition) is 6. The highest BCUT2D eigenvalue weighted by Gasteiger charge is 2.12. The molecule has 2 heterocycles. The Balaban J connectivity index is 2.22. The van der Waals surface area contributed by atoms with E-state index >= 15 is 0 Å². The Kier molecular flexibility index (Phi) is 4.87. The molecule has 0 aromatic carbocycles. The predicted octanol–water partition coefficient (Wildman–Crippen LogP) is 0.698.